The van der Waals surface area contributed by atoms with E-state index < -0.39 is 0 Å². The summed E-state index contributed by atoms with van der Waals surface area (Å²) >= 11 is 0. The molecule has 6 nitrogen and oxygen atoms in total. The predicted molar refractivity (Wildman–Crippen MR) is 118 cm³/mol. The maximum Gasteiger partial charge on any atom is 0.254 e. The number of benzene rings is 1. The number of carbonyl (C=O) groups excluding carboxylic acids is 2. The van der Waals surface area contributed by atoms with Gasteiger partial charge in [0.2, 0.25) is 0 Å². The standard InChI is InChI=1S/C25H27N3O3/c1-14(2)31-21-9-7-20(8-10-21)27-15(3)11-19(16(27)4)13-26-28-24(29)22-17-5-6-18(12-17)23(22)25(28)30/h5-11,13-14,17-18,22-23H,12H2,1-4H3/t17-,18-,22-,23+/m0/s1. The molecule has 4 atom stereocenters. The molecule has 1 aromatic carbocycles. The Labute approximate surface area is 182 Å². The third-order valence-electron chi connectivity index (χ3n) is 6.70. The van der Waals surface area contributed by atoms with E-state index >= 15 is 0 Å². The molecule has 0 radical (unpaired) electrons. The van der Waals surface area contributed by atoms with Gasteiger partial charge in [-0.1, -0.05) is 12.2 Å². The Balaban J connectivity index is 1.38. The highest BCUT2D eigenvalue weighted by Gasteiger charge is 2.59. The average molecular weight is 418 g/mol. The molecule has 3 aliphatic rings. The van der Waals surface area contributed by atoms with Gasteiger partial charge in [0.1, 0.15) is 5.75 Å². The van der Waals surface area contributed by atoms with E-state index in [-0.39, 0.29) is 41.6 Å². The number of nitrogens with zero attached hydrogens (tertiary/aromatic N) is 3. The Morgan fingerprint density at radius 1 is 1.03 bits per heavy atom. The second kappa shape index (κ2) is 7.22. The van der Waals surface area contributed by atoms with Gasteiger partial charge in [-0.2, -0.15) is 10.1 Å². The lowest BCUT2D eigenvalue weighted by Gasteiger charge is -2.13. The topological polar surface area (TPSA) is 63.9 Å². The van der Waals surface area contributed by atoms with Crippen molar-refractivity contribution < 1.29 is 14.3 Å². The number of rotatable bonds is 5. The first-order valence-electron chi connectivity index (χ1n) is 10.9. The summed E-state index contributed by atoms with van der Waals surface area (Å²) in [5, 5.41) is 5.44. The average Bonchev–Trinajstić information content (AvgIpc) is 3.46. The number of allylic oxidation sites excluding steroid dienone is 2. The van der Waals surface area contributed by atoms with Crippen LogP contribution >= 0.6 is 0 Å². The maximum atomic E-state index is 12.8. The van der Waals surface area contributed by atoms with Gasteiger partial charge in [-0.25, -0.2) is 0 Å². The molecule has 2 fully saturated rings. The second-order valence-corrected chi connectivity index (χ2v) is 9.06. The SMILES string of the molecule is Cc1cc(C=NN2C(=O)[C@@H]3[C@H](C2=O)[C@H]2C=C[C@H]3C2)c(C)n1-c1ccc(OC(C)C)cc1. The van der Waals surface area contributed by atoms with E-state index in [2.05, 4.69) is 21.8 Å². The van der Waals surface area contributed by atoms with Gasteiger partial charge in [-0.15, -0.1) is 0 Å². The predicted octanol–water partition coefficient (Wildman–Crippen LogP) is 4.02. The number of imide groups is 1. The fraction of sp³-hybridized carbons (Fsp3) is 0.400. The number of hydrogen-bond acceptors (Lipinski definition) is 4. The Morgan fingerprint density at radius 3 is 2.23 bits per heavy atom. The minimum Gasteiger partial charge on any atom is -0.491 e. The van der Waals surface area contributed by atoms with Gasteiger partial charge in [0.05, 0.1) is 24.2 Å². The zero-order valence-corrected chi connectivity index (χ0v) is 18.3. The summed E-state index contributed by atoms with van der Waals surface area (Å²) in [6, 6.07) is 10.00. The Morgan fingerprint density at radius 2 is 1.65 bits per heavy atom. The molecular weight excluding hydrogens is 390 g/mol. The fourth-order valence-corrected chi connectivity index (χ4v) is 5.38. The van der Waals surface area contributed by atoms with E-state index in [4.69, 9.17) is 4.74 Å². The third kappa shape index (κ3) is 3.12. The van der Waals surface area contributed by atoms with Crippen molar-refractivity contribution in [1.29, 1.82) is 0 Å². The molecule has 0 spiro atoms. The van der Waals surface area contributed by atoms with Gasteiger partial charge >= 0.3 is 0 Å². The Hall–Kier alpha value is -3.15. The van der Waals surface area contributed by atoms with E-state index in [9.17, 15) is 9.59 Å². The Bertz CT molecular complexity index is 1080. The van der Waals surface area contributed by atoms with Crippen LogP contribution in [-0.4, -0.2) is 33.7 Å². The number of hydrogen-bond donors (Lipinski definition) is 0. The number of fused-ring (bicyclic) bond motifs is 5. The molecule has 5 rings (SSSR count). The molecule has 1 saturated carbocycles. The van der Waals surface area contributed by atoms with Crippen LogP contribution in [0.1, 0.15) is 37.2 Å². The molecule has 2 heterocycles. The molecule has 1 saturated heterocycles. The van der Waals surface area contributed by atoms with Crippen molar-refractivity contribution in [2.24, 2.45) is 28.8 Å². The van der Waals surface area contributed by atoms with Crippen LogP contribution in [0.15, 0.2) is 47.6 Å². The lowest BCUT2D eigenvalue weighted by atomic mass is 9.85. The minimum atomic E-state index is -0.223. The van der Waals surface area contributed by atoms with Crippen molar-refractivity contribution in [3.05, 3.63) is 59.4 Å². The summed E-state index contributed by atoms with van der Waals surface area (Å²) in [7, 11) is 0. The molecule has 2 aliphatic carbocycles. The Kier molecular flexibility index (Phi) is 4.61. The number of aromatic nitrogens is 1. The molecule has 31 heavy (non-hydrogen) atoms. The summed E-state index contributed by atoms with van der Waals surface area (Å²) in [6.07, 6.45) is 6.88. The largest absolute Gasteiger partial charge is 0.491 e. The van der Waals surface area contributed by atoms with Gasteiger partial charge in [0.15, 0.2) is 0 Å². The van der Waals surface area contributed by atoms with Crippen LogP contribution in [0.2, 0.25) is 0 Å². The minimum absolute atomic E-state index is 0.130. The number of aryl methyl sites for hydroxylation is 1. The quantitative estimate of drug-likeness (QED) is 0.419. The highest BCUT2D eigenvalue weighted by atomic mass is 16.5. The monoisotopic (exact) mass is 417 g/mol. The lowest BCUT2D eigenvalue weighted by molar-refractivity contribution is -0.140. The zero-order chi connectivity index (χ0) is 21.9. The normalized spacial score (nSPS) is 26.7. The van der Waals surface area contributed by atoms with Gasteiger partial charge < -0.3 is 9.30 Å². The van der Waals surface area contributed by atoms with Gasteiger partial charge in [-0.05, 0) is 76.3 Å². The molecule has 2 aromatic rings. The van der Waals surface area contributed by atoms with Gasteiger partial charge in [0.25, 0.3) is 11.8 Å². The van der Waals surface area contributed by atoms with Crippen LogP contribution in [-0.2, 0) is 9.59 Å². The molecule has 6 heteroatoms. The number of hydrazone groups is 1. The summed E-state index contributed by atoms with van der Waals surface area (Å²) in [5.74, 6) is 0.467. The van der Waals surface area contributed by atoms with Gasteiger partial charge in [0, 0.05) is 22.6 Å². The second-order valence-electron chi connectivity index (χ2n) is 9.06. The summed E-state index contributed by atoms with van der Waals surface area (Å²) in [5.41, 5.74) is 3.96. The molecular formula is C25H27N3O3. The van der Waals surface area contributed by atoms with E-state index in [1.807, 2.05) is 58.0 Å². The maximum absolute atomic E-state index is 12.8. The summed E-state index contributed by atoms with van der Waals surface area (Å²) < 4.78 is 7.86. The third-order valence-corrected chi connectivity index (χ3v) is 6.70. The number of amides is 2. The molecule has 0 unspecified atom stereocenters. The van der Waals surface area contributed by atoms with Crippen LogP contribution in [0.25, 0.3) is 5.69 Å². The van der Waals surface area contributed by atoms with Crippen LogP contribution in [0.3, 0.4) is 0 Å². The zero-order valence-electron chi connectivity index (χ0n) is 18.3. The van der Waals surface area contributed by atoms with E-state index in [0.717, 1.165) is 39.8 Å². The van der Waals surface area contributed by atoms with Crippen molar-refractivity contribution in [1.82, 2.24) is 9.58 Å². The van der Waals surface area contributed by atoms with Crippen LogP contribution in [0, 0.1) is 37.5 Å². The van der Waals surface area contributed by atoms with Crippen molar-refractivity contribution in [3.8, 4) is 11.4 Å². The highest BCUT2D eigenvalue weighted by molar-refractivity contribution is 6.06. The van der Waals surface area contributed by atoms with E-state index in [1.54, 1.807) is 6.21 Å². The molecule has 2 amide bonds. The number of carbonyl (C=O) groups is 2. The smallest absolute Gasteiger partial charge is 0.254 e. The first kappa shape index (κ1) is 19.8. The van der Waals surface area contributed by atoms with Crippen LogP contribution < -0.4 is 4.74 Å². The molecule has 1 aromatic heterocycles. The fourth-order valence-electron chi connectivity index (χ4n) is 5.38. The van der Waals surface area contributed by atoms with Crippen molar-refractivity contribution in [2.45, 2.75) is 40.2 Å². The highest BCUT2D eigenvalue weighted by Crippen LogP contribution is 2.52. The van der Waals surface area contributed by atoms with Crippen molar-refractivity contribution >= 4 is 18.0 Å². The van der Waals surface area contributed by atoms with Crippen LogP contribution in [0.5, 0.6) is 5.75 Å². The summed E-state index contributed by atoms with van der Waals surface area (Å²) in [6.45, 7) is 8.05. The van der Waals surface area contributed by atoms with Gasteiger partial charge in [-0.3, -0.25) is 9.59 Å². The molecule has 0 N–H and O–H groups in total. The van der Waals surface area contributed by atoms with E-state index in [1.165, 1.54) is 0 Å². The first-order chi connectivity index (χ1) is 14.8. The number of ether oxygens (including phenoxy) is 1. The molecule has 1 aliphatic heterocycles. The molecule has 2 bridgehead atoms. The van der Waals surface area contributed by atoms with Crippen LogP contribution in [0.4, 0.5) is 0 Å². The van der Waals surface area contributed by atoms with Crippen molar-refractivity contribution in [3.63, 3.8) is 0 Å². The van der Waals surface area contributed by atoms with E-state index in [0.29, 0.717) is 0 Å². The summed E-state index contributed by atoms with van der Waals surface area (Å²) in [4.78, 5) is 25.7. The molecule has 160 valence electrons. The first-order valence-corrected chi connectivity index (χ1v) is 10.9. The lowest BCUT2D eigenvalue weighted by Crippen LogP contribution is -2.28. The van der Waals surface area contributed by atoms with Crippen molar-refractivity contribution in [2.75, 3.05) is 0 Å².